The zero-order chi connectivity index (χ0) is 8.15. The number of carbonyl (C=O) groups excluding carboxylic acids is 1. The Morgan fingerprint density at radius 2 is 2.10 bits per heavy atom. The molecule has 60 valence electrons. The van der Waals surface area contributed by atoms with E-state index in [1.807, 2.05) is 0 Å². The molecule has 0 aliphatic heterocycles. The van der Waals surface area contributed by atoms with Crippen molar-refractivity contribution in [3.63, 3.8) is 0 Å². The van der Waals surface area contributed by atoms with Crippen LogP contribution in [0.4, 0.5) is 0 Å². The standard InChI is InChI=1S/C6H14N2O2/c1-3-10-6(9)5(8)4(2)7/h4-5H,3,7-8H2,1-2H3/t4-,5-/m0/s1. The molecule has 4 N–H and O–H groups in total. The number of carbonyl (C=O) groups is 1. The summed E-state index contributed by atoms with van der Waals surface area (Å²) < 4.78 is 4.62. The van der Waals surface area contributed by atoms with Crippen LogP contribution < -0.4 is 11.5 Å². The van der Waals surface area contributed by atoms with Gasteiger partial charge in [0.2, 0.25) is 0 Å². The smallest absolute Gasteiger partial charge is 0.324 e. The molecule has 0 aromatic carbocycles. The van der Waals surface area contributed by atoms with Crippen molar-refractivity contribution in [2.75, 3.05) is 6.61 Å². The Bertz CT molecular complexity index is 114. The van der Waals surface area contributed by atoms with Gasteiger partial charge in [0.15, 0.2) is 0 Å². The molecule has 0 bridgehead atoms. The minimum atomic E-state index is -0.694. The van der Waals surface area contributed by atoms with Gasteiger partial charge in [0.25, 0.3) is 0 Å². The van der Waals surface area contributed by atoms with Crippen LogP contribution in [-0.2, 0) is 9.53 Å². The summed E-state index contributed by atoms with van der Waals surface area (Å²) in [6, 6.07) is -1.04. The predicted molar refractivity (Wildman–Crippen MR) is 38.3 cm³/mol. The Kier molecular flexibility index (Phi) is 3.99. The maximum absolute atomic E-state index is 10.8. The second-order valence-corrected chi connectivity index (χ2v) is 2.14. The first-order valence-corrected chi connectivity index (χ1v) is 3.27. The van der Waals surface area contributed by atoms with Crippen molar-refractivity contribution in [2.24, 2.45) is 11.5 Å². The van der Waals surface area contributed by atoms with Gasteiger partial charge in [-0.3, -0.25) is 4.79 Å². The van der Waals surface area contributed by atoms with E-state index in [-0.39, 0.29) is 6.04 Å². The lowest BCUT2D eigenvalue weighted by Crippen LogP contribution is -2.46. The third-order valence-electron chi connectivity index (χ3n) is 1.13. The van der Waals surface area contributed by atoms with Crippen LogP contribution in [0.3, 0.4) is 0 Å². The molecule has 0 fully saturated rings. The predicted octanol–water partition coefficient (Wildman–Crippen LogP) is -0.776. The van der Waals surface area contributed by atoms with Gasteiger partial charge in [0.1, 0.15) is 6.04 Å². The van der Waals surface area contributed by atoms with E-state index in [1.54, 1.807) is 13.8 Å². The Hall–Kier alpha value is -0.610. The van der Waals surface area contributed by atoms with E-state index in [9.17, 15) is 4.79 Å². The molecular formula is C6H14N2O2. The van der Waals surface area contributed by atoms with Crippen LogP contribution in [0.5, 0.6) is 0 Å². The topological polar surface area (TPSA) is 78.3 Å². The van der Waals surface area contributed by atoms with Crippen molar-refractivity contribution < 1.29 is 9.53 Å². The molecule has 0 unspecified atom stereocenters. The maximum Gasteiger partial charge on any atom is 0.324 e. The van der Waals surface area contributed by atoms with Gasteiger partial charge in [0, 0.05) is 6.04 Å². The largest absolute Gasteiger partial charge is 0.465 e. The molecule has 4 heteroatoms. The zero-order valence-electron chi connectivity index (χ0n) is 6.33. The van der Waals surface area contributed by atoms with Crippen LogP contribution in [0.1, 0.15) is 13.8 Å². The van der Waals surface area contributed by atoms with Crippen LogP contribution in [-0.4, -0.2) is 24.7 Å². The lowest BCUT2D eigenvalue weighted by molar-refractivity contribution is -0.145. The maximum atomic E-state index is 10.8. The number of hydrogen-bond donors (Lipinski definition) is 2. The van der Waals surface area contributed by atoms with Gasteiger partial charge in [-0.05, 0) is 13.8 Å². The highest BCUT2D eigenvalue weighted by molar-refractivity contribution is 5.76. The van der Waals surface area contributed by atoms with Crippen molar-refractivity contribution in [1.82, 2.24) is 0 Å². The number of hydrogen-bond acceptors (Lipinski definition) is 4. The van der Waals surface area contributed by atoms with E-state index >= 15 is 0 Å². The molecule has 2 atom stereocenters. The molecule has 0 spiro atoms. The zero-order valence-corrected chi connectivity index (χ0v) is 6.33. The van der Waals surface area contributed by atoms with Crippen molar-refractivity contribution in [1.29, 1.82) is 0 Å². The number of rotatable bonds is 3. The molecule has 0 saturated carbocycles. The molecule has 0 aliphatic carbocycles. The lowest BCUT2D eigenvalue weighted by atomic mass is 10.2. The molecule has 0 aliphatic rings. The third-order valence-corrected chi connectivity index (χ3v) is 1.13. The van der Waals surface area contributed by atoms with Gasteiger partial charge in [-0.15, -0.1) is 0 Å². The Balaban J connectivity index is 3.71. The van der Waals surface area contributed by atoms with Gasteiger partial charge >= 0.3 is 5.97 Å². The molecular weight excluding hydrogens is 132 g/mol. The van der Waals surface area contributed by atoms with Gasteiger partial charge < -0.3 is 16.2 Å². The SMILES string of the molecule is CCOC(=O)[C@@H](N)[C@H](C)N. The fourth-order valence-electron chi connectivity index (χ4n) is 0.453. The first kappa shape index (κ1) is 9.39. The average molecular weight is 146 g/mol. The van der Waals surface area contributed by atoms with Crippen LogP contribution in [0, 0.1) is 0 Å². The lowest BCUT2D eigenvalue weighted by Gasteiger charge is -2.12. The highest BCUT2D eigenvalue weighted by Gasteiger charge is 2.17. The van der Waals surface area contributed by atoms with Crippen LogP contribution >= 0.6 is 0 Å². The van der Waals surface area contributed by atoms with Crippen LogP contribution in [0.2, 0.25) is 0 Å². The summed E-state index contributed by atoms with van der Waals surface area (Å²) in [7, 11) is 0. The second-order valence-electron chi connectivity index (χ2n) is 2.14. The highest BCUT2D eigenvalue weighted by Crippen LogP contribution is 1.89. The Morgan fingerprint density at radius 3 is 2.40 bits per heavy atom. The molecule has 10 heavy (non-hydrogen) atoms. The Labute approximate surface area is 60.5 Å². The number of nitrogens with two attached hydrogens (primary N) is 2. The first-order chi connectivity index (χ1) is 4.59. The molecule has 0 radical (unpaired) electrons. The minimum Gasteiger partial charge on any atom is -0.465 e. The van der Waals surface area contributed by atoms with Gasteiger partial charge in [-0.1, -0.05) is 0 Å². The van der Waals surface area contributed by atoms with E-state index in [1.165, 1.54) is 0 Å². The van der Waals surface area contributed by atoms with E-state index in [4.69, 9.17) is 11.5 Å². The molecule has 0 rings (SSSR count). The average Bonchev–Trinajstić information content (AvgIpc) is 1.87. The quantitative estimate of drug-likeness (QED) is 0.512. The summed E-state index contributed by atoms with van der Waals surface area (Å²) >= 11 is 0. The number of esters is 1. The fraction of sp³-hybridized carbons (Fsp3) is 0.833. The summed E-state index contributed by atoms with van der Waals surface area (Å²) in [6.07, 6.45) is 0. The van der Waals surface area contributed by atoms with Crippen molar-refractivity contribution in [3.8, 4) is 0 Å². The van der Waals surface area contributed by atoms with Crippen molar-refractivity contribution in [3.05, 3.63) is 0 Å². The Morgan fingerprint density at radius 1 is 1.60 bits per heavy atom. The fourth-order valence-corrected chi connectivity index (χ4v) is 0.453. The summed E-state index contributed by atoms with van der Waals surface area (Å²) in [4.78, 5) is 10.8. The van der Waals surface area contributed by atoms with Gasteiger partial charge in [0.05, 0.1) is 6.61 Å². The molecule has 0 saturated heterocycles. The summed E-state index contributed by atoms with van der Waals surface area (Å²) in [6.45, 7) is 3.74. The van der Waals surface area contributed by atoms with E-state index < -0.39 is 12.0 Å². The number of ether oxygens (including phenoxy) is 1. The molecule has 4 nitrogen and oxygen atoms in total. The second kappa shape index (κ2) is 4.24. The normalized spacial score (nSPS) is 16.0. The van der Waals surface area contributed by atoms with E-state index in [2.05, 4.69) is 4.74 Å². The molecule has 0 amide bonds. The van der Waals surface area contributed by atoms with Crippen molar-refractivity contribution >= 4 is 5.97 Å². The van der Waals surface area contributed by atoms with E-state index in [0.717, 1.165) is 0 Å². The first-order valence-electron chi connectivity index (χ1n) is 3.27. The van der Waals surface area contributed by atoms with E-state index in [0.29, 0.717) is 6.61 Å². The molecule has 0 aromatic heterocycles. The summed E-state index contributed by atoms with van der Waals surface area (Å²) in [5, 5.41) is 0. The molecule has 0 heterocycles. The van der Waals surface area contributed by atoms with Crippen LogP contribution in [0.15, 0.2) is 0 Å². The van der Waals surface area contributed by atoms with Gasteiger partial charge in [-0.2, -0.15) is 0 Å². The third kappa shape index (κ3) is 2.80. The summed E-state index contributed by atoms with van der Waals surface area (Å²) in [5.41, 5.74) is 10.7. The van der Waals surface area contributed by atoms with Crippen LogP contribution in [0.25, 0.3) is 0 Å². The summed E-state index contributed by atoms with van der Waals surface area (Å²) in [5.74, 6) is -0.433. The van der Waals surface area contributed by atoms with Gasteiger partial charge in [-0.25, -0.2) is 0 Å². The van der Waals surface area contributed by atoms with Crippen molar-refractivity contribution in [2.45, 2.75) is 25.9 Å². The highest BCUT2D eigenvalue weighted by atomic mass is 16.5. The minimum absolute atomic E-state index is 0.346. The molecule has 0 aromatic rings. The monoisotopic (exact) mass is 146 g/mol.